The lowest BCUT2D eigenvalue weighted by atomic mass is 9.95. The molecule has 0 fully saturated rings. The van der Waals surface area contributed by atoms with Gasteiger partial charge in [0.15, 0.2) is 0 Å². The van der Waals surface area contributed by atoms with E-state index in [2.05, 4.69) is 116 Å². The van der Waals surface area contributed by atoms with E-state index in [0.29, 0.717) is 0 Å². The van der Waals surface area contributed by atoms with Crippen molar-refractivity contribution in [2.75, 3.05) is 11.5 Å². The van der Waals surface area contributed by atoms with Crippen LogP contribution in [0, 0.1) is 0 Å². The highest BCUT2D eigenvalue weighted by Crippen LogP contribution is 2.43. The van der Waals surface area contributed by atoms with E-state index in [-0.39, 0.29) is 0 Å². The highest BCUT2D eigenvalue weighted by atomic mass is 32.1. The van der Waals surface area contributed by atoms with Crippen LogP contribution in [0.1, 0.15) is 20.8 Å². The summed E-state index contributed by atoms with van der Waals surface area (Å²) in [5, 5.41) is 4.97. The average Bonchev–Trinajstić information content (AvgIpc) is 3.64. The summed E-state index contributed by atoms with van der Waals surface area (Å²) in [6.07, 6.45) is 1.75. The van der Waals surface area contributed by atoms with Gasteiger partial charge in [0.05, 0.1) is 0 Å². The van der Waals surface area contributed by atoms with Gasteiger partial charge >= 0.3 is 0 Å². The van der Waals surface area contributed by atoms with Gasteiger partial charge in [-0.2, -0.15) is 0 Å². The quantitative estimate of drug-likeness (QED) is 0.152. The number of allylic oxidation sites excluding steroid dienone is 1. The first-order valence-electron chi connectivity index (χ1n) is 15.2. The summed E-state index contributed by atoms with van der Waals surface area (Å²) in [7, 11) is 0. The second-order valence-electron chi connectivity index (χ2n) is 10.6. The smallest absolute Gasteiger partial charge is 0.0433 e. The third-order valence-corrected chi connectivity index (χ3v) is 10.2. The van der Waals surface area contributed by atoms with Gasteiger partial charge in [0.25, 0.3) is 0 Å². The molecule has 0 aliphatic heterocycles. The molecule has 222 valence electrons. The molecule has 0 aliphatic rings. The summed E-state index contributed by atoms with van der Waals surface area (Å²) >= 11 is 3.67. The molecule has 0 amide bonds. The van der Waals surface area contributed by atoms with Crippen LogP contribution in [-0.2, 0) is 0 Å². The monoisotopic (exact) mass is 620 g/mol. The van der Waals surface area contributed by atoms with E-state index in [4.69, 9.17) is 11.5 Å². The van der Waals surface area contributed by atoms with Crippen molar-refractivity contribution in [3.63, 3.8) is 0 Å². The van der Waals surface area contributed by atoms with E-state index in [1.54, 1.807) is 6.08 Å². The Labute approximate surface area is 272 Å². The predicted molar refractivity (Wildman–Crippen MR) is 205 cm³/mol. The zero-order chi connectivity index (χ0) is 31.5. The zero-order valence-electron chi connectivity index (χ0n) is 25.8. The van der Waals surface area contributed by atoms with E-state index in [1.807, 2.05) is 55.6 Å². The van der Waals surface area contributed by atoms with Gasteiger partial charge in [0, 0.05) is 51.7 Å². The maximum absolute atomic E-state index is 6.12. The fraction of sp³-hybridized carbons (Fsp3) is 0.0732. The van der Waals surface area contributed by atoms with Crippen molar-refractivity contribution in [2.24, 2.45) is 0 Å². The van der Waals surface area contributed by atoms with Crippen LogP contribution in [0.4, 0.5) is 11.4 Å². The summed E-state index contributed by atoms with van der Waals surface area (Å²) < 4.78 is 5.12. The Hall–Kier alpha value is -4.90. The molecule has 0 unspecified atom stereocenters. The summed E-state index contributed by atoms with van der Waals surface area (Å²) in [5.41, 5.74) is 21.2. The van der Waals surface area contributed by atoms with Gasteiger partial charge in [-0.15, -0.1) is 29.3 Å². The van der Waals surface area contributed by atoms with Crippen LogP contribution in [0.5, 0.6) is 0 Å². The Morgan fingerprint density at radius 3 is 1.29 bits per heavy atom. The van der Waals surface area contributed by atoms with Crippen LogP contribution in [-0.4, -0.2) is 0 Å². The Balaban J connectivity index is 0.000000676. The molecular formula is C41H36N2S2. The fourth-order valence-corrected chi connectivity index (χ4v) is 8.26. The fourth-order valence-electron chi connectivity index (χ4n) is 5.82. The molecular weight excluding hydrogens is 585 g/mol. The van der Waals surface area contributed by atoms with Crippen molar-refractivity contribution in [3.05, 3.63) is 134 Å². The first-order chi connectivity index (χ1) is 22.0. The number of thiophene rings is 2. The predicted octanol–water partition coefficient (Wildman–Crippen LogP) is 12.8. The van der Waals surface area contributed by atoms with Gasteiger partial charge in [0.2, 0.25) is 0 Å². The third kappa shape index (κ3) is 5.71. The van der Waals surface area contributed by atoms with E-state index in [9.17, 15) is 0 Å². The van der Waals surface area contributed by atoms with Crippen molar-refractivity contribution < 1.29 is 0 Å². The van der Waals surface area contributed by atoms with Crippen LogP contribution in [0.15, 0.2) is 134 Å². The third-order valence-electron chi connectivity index (χ3n) is 7.72. The molecule has 4 N–H and O–H groups in total. The van der Waals surface area contributed by atoms with Gasteiger partial charge in [-0.05, 0) is 88.8 Å². The summed E-state index contributed by atoms with van der Waals surface area (Å²) in [5.74, 6) is 0. The van der Waals surface area contributed by atoms with Gasteiger partial charge in [-0.3, -0.25) is 0 Å². The molecule has 8 aromatic rings. The first kappa shape index (κ1) is 30.1. The van der Waals surface area contributed by atoms with Crippen molar-refractivity contribution in [1.29, 1.82) is 0 Å². The highest BCUT2D eigenvalue weighted by Gasteiger charge is 2.13. The molecule has 2 heterocycles. The number of rotatable bonds is 3. The molecule has 0 saturated heterocycles. The van der Waals surface area contributed by atoms with Gasteiger partial charge < -0.3 is 11.5 Å². The van der Waals surface area contributed by atoms with Crippen LogP contribution in [0.2, 0.25) is 0 Å². The summed E-state index contributed by atoms with van der Waals surface area (Å²) in [6.45, 7) is 9.25. The van der Waals surface area contributed by atoms with E-state index >= 15 is 0 Å². The first-order valence-corrected chi connectivity index (χ1v) is 16.9. The number of hydrogen-bond acceptors (Lipinski definition) is 4. The molecule has 45 heavy (non-hydrogen) atoms. The van der Waals surface area contributed by atoms with Crippen molar-refractivity contribution in [1.82, 2.24) is 0 Å². The lowest BCUT2D eigenvalue weighted by Gasteiger charge is -2.10. The number of anilines is 2. The van der Waals surface area contributed by atoms with Gasteiger partial charge in [-0.25, -0.2) is 0 Å². The lowest BCUT2D eigenvalue weighted by molar-refractivity contribution is 1.50. The minimum Gasteiger partial charge on any atom is -0.399 e. The number of benzene rings is 6. The molecule has 0 radical (unpaired) electrons. The second kappa shape index (κ2) is 13.0. The number of nitrogen functional groups attached to an aromatic ring is 2. The Kier molecular flexibility index (Phi) is 8.70. The van der Waals surface area contributed by atoms with Crippen LogP contribution < -0.4 is 11.5 Å². The standard InChI is InChI=1S/C36H24N2S2.C3H6.C2H6/c37-25-13-15-33-31(19-25)29-11-3-9-27(35(29)39-33)23-7-1-5-21(17-23)22-6-2-8-24(18-22)28-10-4-12-30-32-20-26(38)14-16-34(32)40-36(28)30;1-3-2;1-2/h1-20H,37-38H2;3H,1H2,2H3;1-2H3. The SMILES string of the molecule is C=CC.CC.Nc1ccc2sc3c(-c4cccc(-c5cccc(-c6cccc7c6sc6ccc(N)cc67)c5)c4)cccc3c2c1. The molecule has 0 aliphatic carbocycles. The van der Waals surface area contributed by atoms with Crippen molar-refractivity contribution >= 4 is 74.4 Å². The number of nitrogens with two attached hydrogens (primary N) is 2. The van der Waals surface area contributed by atoms with E-state index in [1.165, 1.54) is 73.7 Å². The minimum absolute atomic E-state index is 0.801. The molecule has 6 aromatic carbocycles. The van der Waals surface area contributed by atoms with E-state index in [0.717, 1.165) is 11.4 Å². The number of hydrogen-bond donors (Lipinski definition) is 2. The maximum atomic E-state index is 6.12. The van der Waals surface area contributed by atoms with Crippen molar-refractivity contribution in [3.8, 4) is 33.4 Å². The highest BCUT2D eigenvalue weighted by molar-refractivity contribution is 7.26. The summed E-state index contributed by atoms with van der Waals surface area (Å²) in [4.78, 5) is 0. The maximum Gasteiger partial charge on any atom is 0.0433 e. The zero-order valence-corrected chi connectivity index (χ0v) is 27.4. The lowest BCUT2D eigenvalue weighted by Crippen LogP contribution is -1.84. The van der Waals surface area contributed by atoms with Crippen LogP contribution in [0.25, 0.3) is 73.7 Å². The largest absolute Gasteiger partial charge is 0.399 e. The molecule has 2 nitrogen and oxygen atoms in total. The van der Waals surface area contributed by atoms with Crippen molar-refractivity contribution in [2.45, 2.75) is 20.8 Å². The molecule has 0 saturated carbocycles. The van der Waals surface area contributed by atoms with Crippen LogP contribution >= 0.6 is 22.7 Å². The summed E-state index contributed by atoms with van der Waals surface area (Å²) in [6, 6.07) is 43.4. The molecule has 0 bridgehead atoms. The Morgan fingerprint density at radius 1 is 0.489 bits per heavy atom. The number of fused-ring (bicyclic) bond motifs is 6. The van der Waals surface area contributed by atoms with Gasteiger partial charge in [0.1, 0.15) is 0 Å². The topological polar surface area (TPSA) is 52.0 Å². The van der Waals surface area contributed by atoms with Gasteiger partial charge in [-0.1, -0.05) is 92.7 Å². The molecule has 4 heteroatoms. The molecule has 0 atom stereocenters. The normalized spacial score (nSPS) is 10.8. The Bertz CT molecular complexity index is 2140. The molecule has 8 rings (SSSR count). The van der Waals surface area contributed by atoms with E-state index < -0.39 is 0 Å². The second-order valence-corrected chi connectivity index (χ2v) is 12.8. The Morgan fingerprint density at radius 2 is 0.867 bits per heavy atom. The minimum atomic E-state index is 0.801. The average molecular weight is 621 g/mol. The van der Waals surface area contributed by atoms with Crippen LogP contribution in [0.3, 0.4) is 0 Å². The molecule has 0 spiro atoms. The molecule has 2 aromatic heterocycles.